The molecule has 0 fully saturated rings. The first kappa shape index (κ1) is 11.4. The Morgan fingerprint density at radius 2 is 2.29 bits per heavy atom. The van der Waals surface area contributed by atoms with Gasteiger partial charge in [-0.25, -0.2) is 9.78 Å². The van der Waals surface area contributed by atoms with Crippen molar-refractivity contribution in [2.24, 2.45) is 7.05 Å². The molecule has 0 aliphatic rings. The van der Waals surface area contributed by atoms with Crippen molar-refractivity contribution in [2.45, 2.75) is 0 Å². The van der Waals surface area contributed by atoms with Gasteiger partial charge in [-0.15, -0.1) is 0 Å². The molecule has 0 saturated heterocycles. The number of pyridine rings is 1. The third-order valence-electron chi connectivity index (χ3n) is 1.92. The zero-order valence-electron chi connectivity index (χ0n) is 8.79. The number of rotatable bonds is 3. The summed E-state index contributed by atoms with van der Waals surface area (Å²) in [7, 11) is 1.74. The van der Waals surface area contributed by atoms with Crippen LogP contribution in [0.15, 0.2) is 24.5 Å². The van der Waals surface area contributed by atoms with Gasteiger partial charge in [-0.05, 0) is 6.07 Å². The van der Waals surface area contributed by atoms with Crippen LogP contribution in [0.2, 0.25) is 5.15 Å². The maximum absolute atomic E-state index is 10.8. The molecule has 0 amide bonds. The lowest BCUT2D eigenvalue weighted by molar-refractivity contribution is 0.0696. The van der Waals surface area contributed by atoms with Gasteiger partial charge in [0.2, 0.25) is 5.88 Å². The van der Waals surface area contributed by atoms with Crippen molar-refractivity contribution in [1.82, 2.24) is 14.8 Å². The first-order valence-electron chi connectivity index (χ1n) is 4.62. The van der Waals surface area contributed by atoms with Gasteiger partial charge in [0, 0.05) is 13.1 Å². The molecular weight excluding hydrogens is 246 g/mol. The molecular formula is C10H8ClN3O3. The van der Waals surface area contributed by atoms with Gasteiger partial charge in [0.1, 0.15) is 5.15 Å². The molecule has 0 atom stereocenters. The Labute approximate surface area is 101 Å². The van der Waals surface area contributed by atoms with Gasteiger partial charge in [0.15, 0.2) is 5.75 Å². The van der Waals surface area contributed by atoms with E-state index in [1.807, 2.05) is 0 Å². The van der Waals surface area contributed by atoms with Crippen molar-refractivity contribution in [3.05, 3.63) is 35.2 Å². The minimum absolute atomic E-state index is 0.0175. The van der Waals surface area contributed by atoms with Crippen LogP contribution in [-0.2, 0) is 7.05 Å². The zero-order valence-corrected chi connectivity index (χ0v) is 9.55. The number of carboxylic acid groups (broad SMARTS) is 1. The van der Waals surface area contributed by atoms with Crippen molar-refractivity contribution >= 4 is 17.6 Å². The van der Waals surface area contributed by atoms with Gasteiger partial charge >= 0.3 is 5.97 Å². The Kier molecular flexibility index (Phi) is 2.97. The molecule has 0 aromatic carbocycles. The second-order valence-corrected chi connectivity index (χ2v) is 3.66. The lowest BCUT2D eigenvalue weighted by Crippen LogP contribution is -1.98. The van der Waals surface area contributed by atoms with Crippen LogP contribution in [0.5, 0.6) is 11.6 Å². The van der Waals surface area contributed by atoms with Crippen LogP contribution < -0.4 is 4.74 Å². The van der Waals surface area contributed by atoms with Crippen LogP contribution in [-0.4, -0.2) is 25.8 Å². The van der Waals surface area contributed by atoms with E-state index in [2.05, 4.69) is 10.1 Å². The molecule has 7 heteroatoms. The highest BCUT2D eigenvalue weighted by Gasteiger charge is 2.09. The second kappa shape index (κ2) is 4.42. The summed E-state index contributed by atoms with van der Waals surface area (Å²) in [6.45, 7) is 0. The molecule has 0 radical (unpaired) electrons. The molecule has 2 heterocycles. The maximum atomic E-state index is 10.8. The molecule has 0 spiro atoms. The summed E-state index contributed by atoms with van der Waals surface area (Å²) in [5, 5.41) is 12.8. The van der Waals surface area contributed by atoms with E-state index in [0.29, 0.717) is 5.75 Å². The van der Waals surface area contributed by atoms with Crippen LogP contribution >= 0.6 is 11.6 Å². The summed E-state index contributed by atoms with van der Waals surface area (Å²) in [4.78, 5) is 14.7. The Hall–Kier alpha value is -2.08. The maximum Gasteiger partial charge on any atom is 0.335 e. The Morgan fingerprint density at radius 1 is 1.53 bits per heavy atom. The van der Waals surface area contributed by atoms with Crippen molar-refractivity contribution in [2.75, 3.05) is 0 Å². The van der Waals surface area contributed by atoms with Crippen LogP contribution in [0.25, 0.3) is 0 Å². The van der Waals surface area contributed by atoms with Crippen molar-refractivity contribution in [3.8, 4) is 11.6 Å². The SMILES string of the molecule is Cn1cc(Oc2cc(C(=O)O)cc(Cl)n2)cn1. The summed E-state index contributed by atoms with van der Waals surface area (Å²) in [6.07, 6.45) is 3.12. The highest BCUT2D eigenvalue weighted by molar-refractivity contribution is 6.29. The molecule has 2 aromatic heterocycles. The van der Waals surface area contributed by atoms with Crippen LogP contribution in [0.1, 0.15) is 10.4 Å². The highest BCUT2D eigenvalue weighted by Crippen LogP contribution is 2.22. The van der Waals surface area contributed by atoms with Crippen LogP contribution in [0.3, 0.4) is 0 Å². The quantitative estimate of drug-likeness (QED) is 0.846. The predicted molar refractivity (Wildman–Crippen MR) is 59.5 cm³/mol. The lowest BCUT2D eigenvalue weighted by Gasteiger charge is -2.03. The van der Waals surface area contributed by atoms with Gasteiger partial charge in [-0.2, -0.15) is 5.10 Å². The van der Waals surface area contributed by atoms with Crippen LogP contribution in [0, 0.1) is 0 Å². The third kappa shape index (κ3) is 2.73. The fraction of sp³-hybridized carbons (Fsp3) is 0.100. The van der Waals surface area contributed by atoms with Crippen LogP contribution in [0.4, 0.5) is 0 Å². The van der Waals surface area contributed by atoms with E-state index in [1.165, 1.54) is 18.3 Å². The first-order chi connectivity index (χ1) is 8.04. The fourth-order valence-corrected chi connectivity index (χ4v) is 1.42. The number of ether oxygens (including phenoxy) is 1. The van der Waals surface area contributed by atoms with Gasteiger partial charge in [0.05, 0.1) is 18.0 Å². The second-order valence-electron chi connectivity index (χ2n) is 3.27. The lowest BCUT2D eigenvalue weighted by atomic mass is 10.3. The Bertz CT molecular complexity index is 568. The fourth-order valence-electron chi connectivity index (χ4n) is 1.22. The van der Waals surface area contributed by atoms with E-state index >= 15 is 0 Å². The van der Waals surface area contributed by atoms with E-state index in [4.69, 9.17) is 21.4 Å². The number of aryl methyl sites for hydroxylation is 1. The standard InChI is InChI=1S/C10H8ClN3O3/c1-14-5-7(4-12-14)17-9-3-6(10(15)16)2-8(11)13-9/h2-5H,1H3,(H,15,16). The smallest absolute Gasteiger partial charge is 0.335 e. The number of carbonyl (C=O) groups is 1. The predicted octanol–water partition coefficient (Wildman–Crippen LogP) is 1.96. The van der Waals surface area contributed by atoms with Crippen molar-refractivity contribution in [3.63, 3.8) is 0 Å². The molecule has 0 unspecified atom stereocenters. The monoisotopic (exact) mass is 253 g/mol. The molecule has 6 nitrogen and oxygen atoms in total. The number of hydrogen-bond acceptors (Lipinski definition) is 4. The molecule has 0 saturated carbocycles. The number of hydrogen-bond donors (Lipinski definition) is 1. The summed E-state index contributed by atoms with van der Waals surface area (Å²) in [5.41, 5.74) is 0.0175. The molecule has 2 rings (SSSR count). The molecule has 1 N–H and O–H groups in total. The summed E-state index contributed by atoms with van der Waals surface area (Å²) >= 11 is 5.69. The summed E-state index contributed by atoms with van der Waals surface area (Å²) in [6, 6.07) is 2.54. The van der Waals surface area contributed by atoms with Gasteiger partial charge in [-0.1, -0.05) is 11.6 Å². The average molecular weight is 254 g/mol. The molecule has 0 bridgehead atoms. The van der Waals surface area contributed by atoms with E-state index in [1.54, 1.807) is 17.9 Å². The Morgan fingerprint density at radius 3 is 2.88 bits per heavy atom. The van der Waals surface area contributed by atoms with E-state index in [0.717, 1.165) is 0 Å². The average Bonchev–Trinajstić information content (AvgIpc) is 2.63. The third-order valence-corrected chi connectivity index (χ3v) is 2.11. The van der Waals surface area contributed by atoms with Crippen molar-refractivity contribution in [1.29, 1.82) is 0 Å². The highest BCUT2D eigenvalue weighted by atomic mass is 35.5. The summed E-state index contributed by atoms with van der Waals surface area (Å²) < 4.78 is 6.88. The number of aromatic carboxylic acids is 1. The molecule has 0 aliphatic carbocycles. The zero-order chi connectivity index (χ0) is 12.4. The molecule has 17 heavy (non-hydrogen) atoms. The van der Waals surface area contributed by atoms with Gasteiger partial charge < -0.3 is 9.84 Å². The number of aromatic nitrogens is 3. The molecule has 2 aromatic rings. The summed E-state index contributed by atoms with van der Waals surface area (Å²) in [5.74, 6) is -0.521. The largest absolute Gasteiger partial charge is 0.478 e. The van der Waals surface area contributed by atoms with E-state index in [9.17, 15) is 4.79 Å². The minimum atomic E-state index is -1.09. The Balaban J connectivity index is 2.29. The topological polar surface area (TPSA) is 77.2 Å². The minimum Gasteiger partial charge on any atom is -0.478 e. The van der Waals surface area contributed by atoms with Gasteiger partial charge in [-0.3, -0.25) is 4.68 Å². The normalized spacial score (nSPS) is 10.2. The van der Waals surface area contributed by atoms with E-state index < -0.39 is 5.97 Å². The first-order valence-corrected chi connectivity index (χ1v) is 5.00. The number of halogens is 1. The number of carboxylic acids is 1. The van der Waals surface area contributed by atoms with E-state index in [-0.39, 0.29) is 16.6 Å². The molecule has 88 valence electrons. The molecule has 0 aliphatic heterocycles. The number of nitrogens with zero attached hydrogens (tertiary/aromatic N) is 3. The van der Waals surface area contributed by atoms with Crippen molar-refractivity contribution < 1.29 is 14.6 Å². The van der Waals surface area contributed by atoms with Gasteiger partial charge in [0.25, 0.3) is 0 Å².